The Hall–Kier alpha value is -1.88. The van der Waals surface area contributed by atoms with Gasteiger partial charge in [0.15, 0.2) is 5.82 Å². The number of ether oxygens (including phenoxy) is 1. The van der Waals surface area contributed by atoms with Crippen LogP contribution in [0, 0.1) is 0 Å². The Kier molecular flexibility index (Phi) is 4.16. The molecule has 2 N–H and O–H groups in total. The largest absolute Gasteiger partial charge is 0.384 e. The van der Waals surface area contributed by atoms with E-state index in [-0.39, 0.29) is 5.92 Å². The standard InChI is InChI=1S/C14H20N4O/c1-10(2)13-14(15)16-17-18(13)12-7-5-4-6-11(12)8-9-19-3/h4-7,10H,8-9,15H2,1-3H3. The van der Waals surface area contributed by atoms with Crippen molar-refractivity contribution in [3.63, 3.8) is 0 Å². The summed E-state index contributed by atoms with van der Waals surface area (Å²) in [6, 6.07) is 8.12. The topological polar surface area (TPSA) is 66.0 Å². The van der Waals surface area contributed by atoms with Gasteiger partial charge in [-0.3, -0.25) is 0 Å². The molecule has 19 heavy (non-hydrogen) atoms. The highest BCUT2D eigenvalue weighted by Crippen LogP contribution is 2.24. The number of anilines is 1. The quantitative estimate of drug-likeness (QED) is 0.894. The summed E-state index contributed by atoms with van der Waals surface area (Å²) in [5.41, 5.74) is 9.06. The number of hydrogen-bond acceptors (Lipinski definition) is 4. The Balaban J connectivity index is 2.47. The maximum atomic E-state index is 5.91. The van der Waals surface area contributed by atoms with Gasteiger partial charge in [-0.1, -0.05) is 37.3 Å². The van der Waals surface area contributed by atoms with Crippen LogP contribution >= 0.6 is 0 Å². The molecule has 2 rings (SSSR count). The fraction of sp³-hybridized carbons (Fsp3) is 0.429. The van der Waals surface area contributed by atoms with Crippen molar-refractivity contribution in [3.05, 3.63) is 35.5 Å². The van der Waals surface area contributed by atoms with Gasteiger partial charge in [-0.05, 0) is 24.0 Å². The zero-order chi connectivity index (χ0) is 13.8. The lowest BCUT2D eigenvalue weighted by atomic mass is 10.1. The lowest BCUT2D eigenvalue weighted by Gasteiger charge is -2.13. The first kappa shape index (κ1) is 13.5. The van der Waals surface area contributed by atoms with Gasteiger partial charge in [0.1, 0.15) is 0 Å². The van der Waals surface area contributed by atoms with Gasteiger partial charge in [-0.15, -0.1) is 5.10 Å². The summed E-state index contributed by atoms with van der Waals surface area (Å²) in [5.74, 6) is 0.766. The number of para-hydroxylation sites is 1. The molecule has 1 aromatic carbocycles. The Morgan fingerprint density at radius 2 is 2.05 bits per heavy atom. The maximum Gasteiger partial charge on any atom is 0.169 e. The van der Waals surface area contributed by atoms with E-state index in [1.807, 2.05) is 22.9 Å². The van der Waals surface area contributed by atoms with Crippen LogP contribution in [-0.4, -0.2) is 28.7 Å². The van der Waals surface area contributed by atoms with Gasteiger partial charge in [-0.2, -0.15) is 0 Å². The third-order valence-corrected chi connectivity index (χ3v) is 3.07. The summed E-state index contributed by atoms with van der Waals surface area (Å²) in [5, 5.41) is 8.17. The molecule has 102 valence electrons. The molecule has 0 unspecified atom stereocenters. The molecule has 0 fully saturated rings. The second-order valence-electron chi connectivity index (χ2n) is 4.80. The fourth-order valence-electron chi connectivity index (χ4n) is 2.16. The van der Waals surface area contributed by atoms with Crippen molar-refractivity contribution >= 4 is 5.82 Å². The molecule has 0 radical (unpaired) electrons. The van der Waals surface area contributed by atoms with Crippen molar-refractivity contribution in [3.8, 4) is 5.69 Å². The van der Waals surface area contributed by atoms with Crippen molar-refractivity contribution < 1.29 is 4.74 Å². The highest BCUT2D eigenvalue weighted by atomic mass is 16.5. The van der Waals surface area contributed by atoms with Gasteiger partial charge in [0.2, 0.25) is 0 Å². The van der Waals surface area contributed by atoms with E-state index in [2.05, 4.69) is 30.2 Å². The lowest BCUT2D eigenvalue weighted by Crippen LogP contribution is -2.09. The van der Waals surface area contributed by atoms with Crippen molar-refractivity contribution in [2.24, 2.45) is 0 Å². The van der Waals surface area contributed by atoms with Crippen molar-refractivity contribution in [2.75, 3.05) is 19.5 Å². The zero-order valence-corrected chi connectivity index (χ0v) is 11.6. The summed E-state index contributed by atoms with van der Waals surface area (Å²) < 4.78 is 6.99. The zero-order valence-electron chi connectivity index (χ0n) is 11.6. The molecule has 0 spiro atoms. The molecule has 1 aromatic heterocycles. The minimum absolute atomic E-state index is 0.269. The molecule has 2 aromatic rings. The third-order valence-electron chi connectivity index (χ3n) is 3.07. The number of methoxy groups -OCH3 is 1. The smallest absolute Gasteiger partial charge is 0.169 e. The number of rotatable bonds is 5. The molecular weight excluding hydrogens is 240 g/mol. The van der Waals surface area contributed by atoms with Gasteiger partial charge in [0.05, 0.1) is 18.0 Å². The first-order valence-corrected chi connectivity index (χ1v) is 6.43. The van der Waals surface area contributed by atoms with Gasteiger partial charge >= 0.3 is 0 Å². The van der Waals surface area contributed by atoms with Crippen LogP contribution in [0.25, 0.3) is 5.69 Å². The summed E-state index contributed by atoms with van der Waals surface area (Å²) in [6.07, 6.45) is 0.837. The fourth-order valence-corrected chi connectivity index (χ4v) is 2.16. The molecular formula is C14H20N4O. The minimum Gasteiger partial charge on any atom is -0.384 e. The molecule has 0 aliphatic heterocycles. The van der Waals surface area contributed by atoms with Gasteiger partial charge in [0.25, 0.3) is 0 Å². The normalized spacial score (nSPS) is 11.2. The number of aromatic nitrogens is 3. The highest BCUT2D eigenvalue weighted by molar-refractivity contribution is 5.46. The van der Waals surface area contributed by atoms with Gasteiger partial charge in [-0.25, -0.2) is 4.68 Å². The van der Waals surface area contributed by atoms with Gasteiger partial charge in [0, 0.05) is 7.11 Å². The number of benzene rings is 1. The second kappa shape index (κ2) is 5.84. The first-order chi connectivity index (χ1) is 9.15. The third kappa shape index (κ3) is 2.76. The van der Waals surface area contributed by atoms with Crippen LogP contribution in [0.15, 0.2) is 24.3 Å². The molecule has 5 heteroatoms. The molecule has 0 bridgehead atoms. The average molecular weight is 260 g/mol. The van der Waals surface area contributed by atoms with E-state index in [0.29, 0.717) is 12.4 Å². The number of nitrogens with two attached hydrogens (primary N) is 1. The highest BCUT2D eigenvalue weighted by Gasteiger charge is 2.16. The molecule has 1 heterocycles. The van der Waals surface area contributed by atoms with Crippen LogP contribution in [0.2, 0.25) is 0 Å². The van der Waals surface area contributed by atoms with Crippen molar-refractivity contribution in [1.29, 1.82) is 0 Å². The van der Waals surface area contributed by atoms with Crippen molar-refractivity contribution in [1.82, 2.24) is 15.0 Å². The molecule has 0 aliphatic carbocycles. The Morgan fingerprint density at radius 1 is 1.32 bits per heavy atom. The van der Waals surface area contributed by atoms with E-state index in [1.165, 1.54) is 5.56 Å². The summed E-state index contributed by atoms with van der Waals surface area (Å²) in [4.78, 5) is 0. The molecule has 0 atom stereocenters. The Bertz CT molecular complexity index is 548. The summed E-state index contributed by atoms with van der Waals surface area (Å²) >= 11 is 0. The number of nitrogen functional groups attached to an aromatic ring is 1. The van der Waals surface area contributed by atoms with E-state index < -0.39 is 0 Å². The number of hydrogen-bond donors (Lipinski definition) is 1. The second-order valence-corrected chi connectivity index (χ2v) is 4.80. The Morgan fingerprint density at radius 3 is 2.74 bits per heavy atom. The first-order valence-electron chi connectivity index (χ1n) is 6.43. The van der Waals surface area contributed by atoms with Crippen LogP contribution in [0.5, 0.6) is 0 Å². The van der Waals surface area contributed by atoms with Crippen LogP contribution < -0.4 is 5.73 Å². The summed E-state index contributed by atoms with van der Waals surface area (Å²) in [6.45, 7) is 4.85. The van der Waals surface area contributed by atoms with E-state index in [9.17, 15) is 0 Å². The van der Waals surface area contributed by atoms with Crippen LogP contribution in [0.1, 0.15) is 31.0 Å². The maximum absolute atomic E-state index is 5.91. The number of nitrogens with zero attached hydrogens (tertiary/aromatic N) is 3. The van der Waals surface area contributed by atoms with Crippen LogP contribution in [0.4, 0.5) is 5.82 Å². The predicted octanol–water partition coefficient (Wildman–Crippen LogP) is 2.16. The minimum atomic E-state index is 0.269. The van der Waals surface area contributed by atoms with Crippen molar-refractivity contribution in [2.45, 2.75) is 26.2 Å². The van der Waals surface area contributed by atoms with Crippen LogP contribution in [0.3, 0.4) is 0 Å². The lowest BCUT2D eigenvalue weighted by molar-refractivity contribution is 0.202. The summed E-state index contributed by atoms with van der Waals surface area (Å²) in [7, 11) is 1.70. The van der Waals surface area contributed by atoms with Gasteiger partial charge < -0.3 is 10.5 Å². The molecule has 5 nitrogen and oxygen atoms in total. The molecule has 0 saturated carbocycles. The van der Waals surface area contributed by atoms with E-state index >= 15 is 0 Å². The van der Waals surface area contributed by atoms with Crippen LogP contribution in [-0.2, 0) is 11.2 Å². The SMILES string of the molecule is COCCc1ccccc1-n1nnc(N)c1C(C)C. The Labute approximate surface area is 113 Å². The van der Waals surface area contributed by atoms with E-state index in [4.69, 9.17) is 10.5 Å². The van der Waals surface area contributed by atoms with E-state index in [0.717, 1.165) is 17.8 Å². The average Bonchev–Trinajstić information content (AvgIpc) is 2.78. The monoisotopic (exact) mass is 260 g/mol. The molecule has 0 amide bonds. The molecule has 0 saturated heterocycles. The molecule has 0 aliphatic rings. The van der Waals surface area contributed by atoms with E-state index in [1.54, 1.807) is 7.11 Å². The predicted molar refractivity (Wildman–Crippen MR) is 75.4 cm³/mol.